The smallest absolute Gasteiger partial charge is 0.356 e. The van der Waals surface area contributed by atoms with Gasteiger partial charge in [0.25, 0.3) is 0 Å². The second-order valence-corrected chi connectivity index (χ2v) is 4.86. The first-order chi connectivity index (χ1) is 11.3. The van der Waals surface area contributed by atoms with E-state index in [0.717, 1.165) is 22.6 Å². The molecule has 0 bridgehead atoms. The van der Waals surface area contributed by atoms with Crippen LogP contribution < -0.4 is 4.74 Å². The number of rotatable bonds is 4. The highest BCUT2D eigenvalue weighted by Crippen LogP contribution is 2.25. The zero-order chi connectivity index (χ0) is 16.1. The van der Waals surface area contributed by atoms with Gasteiger partial charge in [0.05, 0.1) is 7.11 Å². The van der Waals surface area contributed by atoms with Crippen LogP contribution in [0.3, 0.4) is 0 Å². The average molecular weight is 305 g/mol. The minimum Gasteiger partial charge on any atom is -0.464 e. The number of aromatic nitrogens is 1. The first-order valence-corrected chi connectivity index (χ1v) is 7.14. The van der Waals surface area contributed by atoms with Gasteiger partial charge in [0, 0.05) is 6.20 Å². The van der Waals surface area contributed by atoms with Crippen LogP contribution in [0.5, 0.6) is 11.5 Å². The van der Waals surface area contributed by atoms with E-state index in [2.05, 4.69) is 4.98 Å². The summed E-state index contributed by atoms with van der Waals surface area (Å²) in [4.78, 5) is 15.6. The topological polar surface area (TPSA) is 48.4 Å². The van der Waals surface area contributed by atoms with Crippen molar-refractivity contribution in [2.75, 3.05) is 7.11 Å². The first-order valence-electron chi connectivity index (χ1n) is 7.14. The molecule has 0 saturated heterocycles. The Hall–Kier alpha value is -3.14. The minimum atomic E-state index is -0.448. The number of ether oxygens (including phenoxy) is 2. The van der Waals surface area contributed by atoms with Crippen LogP contribution in [0, 0.1) is 0 Å². The molecule has 0 radical (unpaired) electrons. The lowest BCUT2D eigenvalue weighted by Crippen LogP contribution is -2.03. The zero-order valence-electron chi connectivity index (χ0n) is 12.6. The molecule has 4 nitrogen and oxygen atoms in total. The molecule has 114 valence electrons. The third kappa shape index (κ3) is 3.55. The monoisotopic (exact) mass is 305 g/mol. The van der Waals surface area contributed by atoms with Gasteiger partial charge in [-0.3, -0.25) is 0 Å². The standard InChI is InChI=1S/C19H15NO3/c1-22-19(21)18-13-15(11-12-20-18)14-7-9-17(10-8-14)23-16-5-3-2-4-6-16/h2-13H,1H3. The third-order valence-corrected chi connectivity index (χ3v) is 3.32. The van der Waals surface area contributed by atoms with E-state index in [4.69, 9.17) is 9.47 Å². The second-order valence-electron chi connectivity index (χ2n) is 4.86. The maximum absolute atomic E-state index is 11.5. The summed E-state index contributed by atoms with van der Waals surface area (Å²) in [5.74, 6) is 1.09. The second kappa shape index (κ2) is 6.75. The van der Waals surface area contributed by atoms with Crippen LogP contribution in [0.15, 0.2) is 72.9 Å². The number of carbonyl (C=O) groups excluding carboxylic acids is 1. The van der Waals surface area contributed by atoms with Crippen LogP contribution in [0.2, 0.25) is 0 Å². The highest BCUT2D eigenvalue weighted by molar-refractivity contribution is 5.88. The fourth-order valence-electron chi connectivity index (χ4n) is 2.17. The molecule has 3 rings (SSSR count). The van der Waals surface area contributed by atoms with Gasteiger partial charge in [-0.15, -0.1) is 0 Å². The van der Waals surface area contributed by atoms with Crippen molar-refractivity contribution in [3.05, 3.63) is 78.6 Å². The van der Waals surface area contributed by atoms with Crippen LogP contribution in [0.4, 0.5) is 0 Å². The molecule has 1 heterocycles. The molecule has 0 fully saturated rings. The van der Waals surface area contributed by atoms with Gasteiger partial charge < -0.3 is 9.47 Å². The highest BCUT2D eigenvalue weighted by Gasteiger charge is 2.08. The van der Waals surface area contributed by atoms with Gasteiger partial charge in [-0.05, 0) is 47.5 Å². The van der Waals surface area contributed by atoms with Crippen LogP contribution in [-0.4, -0.2) is 18.1 Å². The number of methoxy groups -OCH3 is 1. The summed E-state index contributed by atoms with van der Waals surface area (Å²) in [6.07, 6.45) is 1.59. The van der Waals surface area contributed by atoms with Crippen molar-refractivity contribution in [1.82, 2.24) is 4.98 Å². The SMILES string of the molecule is COC(=O)c1cc(-c2ccc(Oc3ccccc3)cc2)ccn1. The Morgan fingerprint density at radius 2 is 1.57 bits per heavy atom. The minimum absolute atomic E-state index is 0.287. The number of para-hydroxylation sites is 1. The zero-order valence-corrected chi connectivity index (χ0v) is 12.6. The molecule has 0 saturated carbocycles. The van der Waals surface area contributed by atoms with Gasteiger partial charge in [-0.2, -0.15) is 0 Å². The molecule has 0 aliphatic heterocycles. The molecule has 1 aromatic heterocycles. The Labute approximate surface area is 134 Å². The molecular weight excluding hydrogens is 290 g/mol. The Kier molecular flexibility index (Phi) is 4.34. The van der Waals surface area contributed by atoms with E-state index < -0.39 is 5.97 Å². The lowest BCUT2D eigenvalue weighted by Gasteiger charge is -2.07. The third-order valence-electron chi connectivity index (χ3n) is 3.32. The van der Waals surface area contributed by atoms with Crippen molar-refractivity contribution < 1.29 is 14.3 Å². The quantitative estimate of drug-likeness (QED) is 0.673. The maximum Gasteiger partial charge on any atom is 0.356 e. The average Bonchev–Trinajstić information content (AvgIpc) is 2.62. The molecule has 0 spiro atoms. The Morgan fingerprint density at radius 3 is 2.26 bits per heavy atom. The molecule has 2 aromatic carbocycles. The van der Waals surface area contributed by atoms with E-state index >= 15 is 0 Å². The van der Waals surface area contributed by atoms with E-state index in [-0.39, 0.29) is 5.69 Å². The van der Waals surface area contributed by atoms with E-state index in [1.807, 2.05) is 60.7 Å². The van der Waals surface area contributed by atoms with Crippen molar-refractivity contribution in [3.8, 4) is 22.6 Å². The van der Waals surface area contributed by atoms with E-state index in [0.29, 0.717) is 0 Å². The fraction of sp³-hybridized carbons (Fsp3) is 0.0526. The lowest BCUT2D eigenvalue weighted by atomic mass is 10.1. The van der Waals surface area contributed by atoms with Crippen LogP contribution in [0.25, 0.3) is 11.1 Å². The number of pyridine rings is 1. The molecule has 0 atom stereocenters. The summed E-state index contributed by atoms with van der Waals surface area (Å²) >= 11 is 0. The number of benzene rings is 2. The molecular formula is C19H15NO3. The Balaban J connectivity index is 1.81. The van der Waals surface area contributed by atoms with Gasteiger partial charge >= 0.3 is 5.97 Å². The summed E-state index contributed by atoms with van der Waals surface area (Å²) in [5.41, 5.74) is 2.15. The summed E-state index contributed by atoms with van der Waals surface area (Å²) in [7, 11) is 1.34. The molecule has 0 aliphatic rings. The molecule has 0 N–H and O–H groups in total. The van der Waals surface area contributed by atoms with E-state index in [1.54, 1.807) is 12.3 Å². The number of hydrogen-bond donors (Lipinski definition) is 0. The summed E-state index contributed by atoms with van der Waals surface area (Å²) in [6.45, 7) is 0. The fourth-order valence-corrected chi connectivity index (χ4v) is 2.17. The summed E-state index contributed by atoms with van der Waals surface area (Å²) < 4.78 is 10.5. The number of carbonyl (C=O) groups is 1. The van der Waals surface area contributed by atoms with Crippen molar-refractivity contribution in [3.63, 3.8) is 0 Å². The van der Waals surface area contributed by atoms with Gasteiger partial charge in [0.1, 0.15) is 17.2 Å². The molecule has 0 unspecified atom stereocenters. The molecule has 3 aromatic rings. The number of hydrogen-bond acceptors (Lipinski definition) is 4. The van der Waals surface area contributed by atoms with Crippen molar-refractivity contribution in [2.24, 2.45) is 0 Å². The van der Waals surface area contributed by atoms with Gasteiger partial charge in [-0.25, -0.2) is 9.78 Å². The van der Waals surface area contributed by atoms with Gasteiger partial charge in [-0.1, -0.05) is 30.3 Å². The largest absolute Gasteiger partial charge is 0.464 e. The maximum atomic E-state index is 11.5. The van der Waals surface area contributed by atoms with E-state index in [9.17, 15) is 4.79 Å². The van der Waals surface area contributed by atoms with Gasteiger partial charge in [0.15, 0.2) is 0 Å². The van der Waals surface area contributed by atoms with E-state index in [1.165, 1.54) is 7.11 Å². The predicted molar refractivity (Wildman–Crippen MR) is 87.5 cm³/mol. The Morgan fingerprint density at radius 1 is 0.870 bits per heavy atom. The predicted octanol–water partition coefficient (Wildman–Crippen LogP) is 4.33. The highest BCUT2D eigenvalue weighted by atomic mass is 16.5. The van der Waals surface area contributed by atoms with Crippen molar-refractivity contribution in [1.29, 1.82) is 0 Å². The molecule has 0 aliphatic carbocycles. The van der Waals surface area contributed by atoms with Crippen LogP contribution in [-0.2, 0) is 4.74 Å². The Bertz CT molecular complexity index is 798. The normalized spacial score (nSPS) is 10.1. The first kappa shape index (κ1) is 14.8. The number of nitrogens with zero attached hydrogens (tertiary/aromatic N) is 1. The van der Waals surface area contributed by atoms with Crippen LogP contribution >= 0.6 is 0 Å². The van der Waals surface area contributed by atoms with Gasteiger partial charge in [0.2, 0.25) is 0 Å². The van der Waals surface area contributed by atoms with Crippen molar-refractivity contribution >= 4 is 5.97 Å². The number of esters is 1. The summed E-state index contributed by atoms with van der Waals surface area (Å²) in [5, 5.41) is 0. The lowest BCUT2D eigenvalue weighted by molar-refractivity contribution is 0.0594. The van der Waals surface area contributed by atoms with Crippen LogP contribution in [0.1, 0.15) is 10.5 Å². The molecule has 4 heteroatoms. The molecule has 23 heavy (non-hydrogen) atoms. The molecule has 0 amide bonds. The van der Waals surface area contributed by atoms with Crippen molar-refractivity contribution in [2.45, 2.75) is 0 Å². The summed E-state index contributed by atoms with van der Waals surface area (Å²) in [6, 6.07) is 20.8.